The van der Waals surface area contributed by atoms with Gasteiger partial charge < -0.3 is 10.2 Å². The molecule has 3 rings (SSSR count). The molecule has 1 fully saturated rings. The summed E-state index contributed by atoms with van der Waals surface area (Å²) in [6.07, 6.45) is 0. The Morgan fingerprint density at radius 1 is 1.35 bits per heavy atom. The van der Waals surface area contributed by atoms with Crippen LogP contribution in [0.3, 0.4) is 0 Å². The first-order valence-electron chi connectivity index (χ1n) is 6.50. The van der Waals surface area contributed by atoms with E-state index in [2.05, 4.69) is 35.3 Å². The predicted molar refractivity (Wildman–Crippen MR) is 74.0 cm³/mol. The summed E-state index contributed by atoms with van der Waals surface area (Å²) in [6.45, 7) is 8.23. The Balaban J connectivity index is 1.74. The monoisotopic (exact) mass is 248 g/mol. The molecule has 1 saturated heterocycles. The van der Waals surface area contributed by atoms with E-state index in [1.54, 1.807) is 5.56 Å². The number of thioether (sulfide) groups is 1. The number of benzene rings is 1. The molecule has 2 aliphatic heterocycles. The number of hydrogen-bond acceptors (Lipinski definition) is 3. The quantitative estimate of drug-likeness (QED) is 0.863. The maximum absolute atomic E-state index is 3.42. The molecule has 1 N–H and O–H groups in total. The van der Waals surface area contributed by atoms with E-state index in [-0.39, 0.29) is 0 Å². The maximum atomic E-state index is 3.42. The minimum atomic E-state index is 0.745. The summed E-state index contributed by atoms with van der Waals surface area (Å²) in [5.74, 6) is 2.01. The molecule has 1 aromatic carbocycles. The first-order valence-corrected chi connectivity index (χ1v) is 7.48. The van der Waals surface area contributed by atoms with Crippen molar-refractivity contribution in [2.75, 3.05) is 38.5 Å². The third kappa shape index (κ3) is 2.37. The lowest BCUT2D eigenvalue weighted by Gasteiger charge is -2.30. The summed E-state index contributed by atoms with van der Waals surface area (Å²) in [7, 11) is 0. The molecule has 2 heterocycles. The Morgan fingerprint density at radius 3 is 3.00 bits per heavy atom. The number of rotatable bonds is 2. The zero-order chi connectivity index (χ0) is 11.7. The summed E-state index contributed by atoms with van der Waals surface area (Å²) in [5.41, 5.74) is 3.10. The SMILES string of the molecule is Cc1cccc2c1C(CN1CCNCC1)CS2. The number of aryl methyl sites for hydroxylation is 1. The normalized spacial score (nSPS) is 24.9. The van der Waals surface area contributed by atoms with E-state index >= 15 is 0 Å². The van der Waals surface area contributed by atoms with Crippen LogP contribution in [0.15, 0.2) is 23.1 Å². The van der Waals surface area contributed by atoms with E-state index in [1.165, 1.54) is 35.8 Å². The van der Waals surface area contributed by atoms with Crippen molar-refractivity contribution >= 4 is 11.8 Å². The lowest BCUT2D eigenvalue weighted by Crippen LogP contribution is -2.45. The number of piperazine rings is 1. The smallest absolute Gasteiger partial charge is 0.0110 e. The van der Waals surface area contributed by atoms with Crippen LogP contribution in [-0.4, -0.2) is 43.4 Å². The zero-order valence-electron chi connectivity index (χ0n) is 10.4. The van der Waals surface area contributed by atoms with Crippen LogP contribution in [0.5, 0.6) is 0 Å². The lowest BCUT2D eigenvalue weighted by molar-refractivity contribution is 0.231. The third-order valence-electron chi connectivity index (χ3n) is 3.82. The molecule has 2 aliphatic rings. The van der Waals surface area contributed by atoms with Gasteiger partial charge in [0.05, 0.1) is 0 Å². The molecule has 2 nitrogen and oxygen atoms in total. The minimum absolute atomic E-state index is 0.745. The van der Waals surface area contributed by atoms with Gasteiger partial charge in [0, 0.05) is 49.3 Å². The summed E-state index contributed by atoms with van der Waals surface area (Å²) in [5, 5.41) is 3.42. The maximum Gasteiger partial charge on any atom is 0.0110 e. The van der Waals surface area contributed by atoms with E-state index < -0.39 is 0 Å². The standard InChI is InChI=1S/C14H20N2S/c1-11-3-2-4-13-14(11)12(10-17-13)9-16-7-5-15-6-8-16/h2-4,12,15H,5-10H2,1H3. The molecule has 0 aromatic heterocycles. The van der Waals surface area contributed by atoms with E-state index in [4.69, 9.17) is 0 Å². The van der Waals surface area contributed by atoms with E-state index in [0.717, 1.165) is 19.0 Å². The van der Waals surface area contributed by atoms with Gasteiger partial charge in [0.2, 0.25) is 0 Å². The van der Waals surface area contributed by atoms with Crippen molar-refractivity contribution in [1.82, 2.24) is 10.2 Å². The second kappa shape index (κ2) is 5.01. The van der Waals surface area contributed by atoms with Crippen molar-refractivity contribution in [1.29, 1.82) is 0 Å². The number of hydrogen-bond donors (Lipinski definition) is 1. The molecule has 0 spiro atoms. The van der Waals surface area contributed by atoms with Crippen LogP contribution in [0.1, 0.15) is 17.0 Å². The Bertz CT molecular complexity index is 399. The fourth-order valence-corrected chi connectivity index (χ4v) is 4.24. The number of fused-ring (bicyclic) bond motifs is 1. The molecular formula is C14H20N2S. The summed E-state index contributed by atoms with van der Waals surface area (Å²) < 4.78 is 0. The molecular weight excluding hydrogens is 228 g/mol. The molecule has 0 aliphatic carbocycles. The van der Waals surface area contributed by atoms with Crippen LogP contribution in [0.4, 0.5) is 0 Å². The average molecular weight is 248 g/mol. The molecule has 1 aromatic rings. The van der Waals surface area contributed by atoms with Crippen molar-refractivity contribution in [3.05, 3.63) is 29.3 Å². The fraction of sp³-hybridized carbons (Fsp3) is 0.571. The summed E-state index contributed by atoms with van der Waals surface area (Å²) >= 11 is 2.04. The topological polar surface area (TPSA) is 15.3 Å². The van der Waals surface area contributed by atoms with Gasteiger partial charge in [-0.2, -0.15) is 0 Å². The first kappa shape index (κ1) is 11.6. The van der Waals surface area contributed by atoms with Crippen molar-refractivity contribution in [3.63, 3.8) is 0 Å². The minimum Gasteiger partial charge on any atom is -0.314 e. The molecule has 92 valence electrons. The van der Waals surface area contributed by atoms with E-state index in [0.29, 0.717) is 0 Å². The van der Waals surface area contributed by atoms with Crippen LogP contribution >= 0.6 is 11.8 Å². The van der Waals surface area contributed by atoms with Crippen LogP contribution < -0.4 is 5.32 Å². The zero-order valence-corrected chi connectivity index (χ0v) is 11.2. The Hall–Kier alpha value is -0.510. The average Bonchev–Trinajstić information content (AvgIpc) is 2.75. The molecule has 0 radical (unpaired) electrons. The van der Waals surface area contributed by atoms with E-state index in [9.17, 15) is 0 Å². The highest BCUT2D eigenvalue weighted by Crippen LogP contribution is 2.41. The van der Waals surface area contributed by atoms with Gasteiger partial charge in [-0.15, -0.1) is 11.8 Å². The van der Waals surface area contributed by atoms with Gasteiger partial charge in [-0.3, -0.25) is 0 Å². The molecule has 1 atom stereocenters. The van der Waals surface area contributed by atoms with Crippen molar-refractivity contribution in [2.45, 2.75) is 17.7 Å². The van der Waals surface area contributed by atoms with Crippen LogP contribution in [0.2, 0.25) is 0 Å². The Kier molecular flexibility index (Phi) is 3.41. The van der Waals surface area contributed by atoms with Gasteiger partial charge >= 0.3 is 0 Å². The molecule has 0 amide bonds. The Morgan fingerprint density at radius 2 is 2.18 bits per heavy atom. The number of nitrogens with one attached hydrogen (secondary N) is 1. The van der Waals surface area contributed by atoms with Crippen molar-refractivity contribution in [2.24, 2.45) is 0 Å². The lowest BCUT2D eigenvalue weighted by atomic mass is 9.96. The second-order valence-corrected chi connectivity index (χ2v) is 6.11. The van der Waals surface area contributed by atoms with Gasteiger partial charge in [-0.05, 0) is 24.1 Å². The van der Waals surface area contributed by atoms with Crippen molar-refractivity contribution in [3.8, 4) is 0 Å². The van der Waals surface area contributed by atoms with Gasteiger partial charge in [0.1, 0.15) is 0 Å². The molecule has 0 saturated carbocycles. The van der Waals surface area contributed by atoms with Crippen LogP contribution in [-0.2, 0) is 0 Å². The molecule has 3 heteroatoms. The van der Waals surface area contributed by atoms with Gasteiger partial charge in [-0.1, -0.05) is 12.1 Å². The highest BCUT2D eigenvalue weighted by atomic mass is 32.2. The van der Waals surface area contributed by atoms with Gasteiger partial charge in [0.15, 0.2) is 0 Å². The third-order valence-corrected chi connectivity index (χ3v) is 5.06. The molecule has 17 heavy (non-hydrogen) atoms. The van der Waals surface area contributed by atoms with E-state index in [1.807, 2.05) is 11.8 Å². The molecule has 0 bridgehead atoms. The van der Waals surface area contributed by atoms with Gasteiger partial charge in [-0.25, -0.2) is 0 Å². The number of nitrogens with zero attached hydrogens (tertiary/aromatic N) is 1. The summed E-state index contributed by atoms with van der Waals surface area (Å²) in [6, 6.07) is 6.73. The van der Waals surface area contributed by atoms with Gasteiger partial charge in [0.25, 0.3) is 0 Å². The largest absolute Gasteiger partial charge is 0.314 e. The van der Waals surface area contributed by atoms with Crippen molar-refractivity contribution < 1.29 is 0 Å². The highest BCUT2D eigenvalue weighted by molar-refractivity contribution is 7.99. The van der Waals surface area contributed by atoms with Crippen LogP contribution in [0, 0.1) is 6.92 Å². The van der Waals surface area contributed by atoms with Crippen LogP contribution in [0.25, 0.3) is 0 Å². The summed E-state index contributed by atoms with van der Waals surface area (Å²) in [4.78, 5) is 4.13. The fourth-order valence-electron chi connectivity index (χ4n) is 2.93. The predicted octanol–water partition coefficient (Wildman–Crippen LogP) is 2.09. The second-order valence-electron chi connectivity index (χ2n) is 5.05. The highest BCUT2D eigenvalue weighted by Gasteiger charge is 2.26. The molecule has 1 unspecified atom stereocenters. The first-order chi connectivity index (χ1) is 8.34. The Labute approximate surface area is 108 Å².